The van der Waals surface area contributed by atoms with Gasteiger partial charge in [-0.2, -0.15) is 0 Å². The van der Waals surface area contributed by atoms with Crippen molar-refractivity contribution in [1.29, 1.82) is 0 Å². The summed E-state index contributed by atoms with van der Waals surface area (Å²) < 4.78 is 15.2. The molecular formula is C24H32FN3O4. The Bertz CT molecular complexity index is 1030. The van der Waals surface area contributed by atoms with Crippen LogP contribution >= 0.6 is 0 Å². The molecule has 1 aliphatic carbocycles. The molecule has 2 amide bonds. The maximum absolute atomic E-state index is 13.5. The monoisotopic (exact) mass is 445 g/mol. The van der Waals surface area contributed by atoms with Crippen molar-refractivity contribution in [2.45, 2.75) is 71.1 Å². The number of amides is 2. The Morgan fingerprint density at radius 1 is 1.22 bits per heavy atom. The molecule has 174 valence electrons. The molecule has 0 aliphatic heterocycles. The van der Waals surface area contributed by atoms with Crippen molar-refractivity contribution < 1.29 is 24.2 Å². The smallest absolute Gasteiger partial charge is 0.257 e. The minimum absolute atomic E-state index is 0.108. The van der Waals surface area contributed by atoms with Gasteiger partial charge in [-0.3, -0.25) is 9.59 Å². The number of carbonyl (C=O) groups excluding carboxylic acids is 2. The van der Waals surface area contributed by atoms with Crippen molar-refractivity contribution in [3.05, 3.63) is 52.1 Å². The first-order chi connectivity index (χ1) is 14.9. The maximum Gasteiger partial charge on any atom is 0.257 e. The summed E-state index contributed by atoms with van der Waals surface area (Å²) in [4.78, 5) is 25.7. The first kappa shape index (κ1) is 23.9. The summed E-state index contributed by atoms with van der Waals surface area (Å²) in [6.07, 6.45) is 1.02. The molecule has 1 heterocycles. The van der Waals surface area contributed by atoms with Crippen molar-refractivity contribution in [3.8, 4) is 0 Å². The molecule has 1 aliphatic rings. The molecule has 1 aromatic carbocycles. The van der Waals surface area contributed by atoms with Gasteiger partial charge in [0.25, 0.3) is 11.8 Å². The van der Waals surface area contributed by atoms with Gasteiger partial charge in [-0.15, -0.1) is 0 Å². The molecule has 1 unspecified atom stereocenters. The van der Waals surface area contributed by atoms with Crippen molar-refractivity contribution in [2.75, 3.05) is 5.32 Å². The lowest BCUT2D eigenvalue weighted by atomic mass is 9.83. The van der Waals surface area contributed by atoms with E-state index in [1.165, 1.54) is 12.1 Å². The van der Waals surface area contributed by atoms with Crippen LogP contribution in [0.1, 0.15) is 71.6 Å². The number of aliphatic hydroxyl groups excluding tert-OH is 1. The summed E-state index contributed by atoms with van der Waals surface area (Å²) >= 11 is 0. The summed E-state index contributed by atoms with van der Waals surface area (Å²) in [7, 11) is 1.70. The number of halogens is 1. The summed E-state index contributed by atoms with van der Waals surface area (Å²) in [5.74, 6) is -1.27. The van der Waals surface area contributed by atoms with Gasteiger partial charge in [0.1, 0.15) is 5.82 Å². The van der Waals surface area contributed by atoms with Crippen LogP contribution in [-0.2, 0) is 11.8 Å². The van der Waals surface area contributed by atoms with Gasteiger partial charge in [-0.05, 0) is 82.7 Å². The number of anilines is 1. The van der Waals surface area contributed by atoms with E-state index in [0.29, 0.717) is 59.4 Å². The van der Waals surface area contributed by atoms with Gasteiger partial charge in [0, 0.05) is 24.5 Å². The van der Waals surface area contributed by atoms with Crippen molar-refractivity contribution >= 4 is 17.5 Å². The van der Waals surface area contributed by atoms with E-state index in [9.17, 15) is 24.2 Å². The van der Waals surface area contributed by atoms with Crippen molar-refractivity contribution in [3.63, 3.8) is 0 Å². The molecule has 0 bridgehead atoms. The molecule has 7 nitrogen and oxygen atoms in total. The molecular weight excluding hydrogens is 413 g/mol. The minimum Gasteiger partial charge on any atom is -0.390 e. The van der Waals surface area contributed by atoms with Crippen LogP contribution in [0.3, 0.4) is 0 Å². The number of benzene rings is 1. The van der Waals surface area contributed by atoms with E-state index in [4.69, 9.17) is 0 Å². The van der Waals surface area contributed by atoms with Gasteiger partial charge in [-0.1, -0.05) is 0 Å². The van der Waals surface area contributed by atoms with Crippen LogP contribution in [0, 0.1) is 26.6 Å². The van der Waals surface area contributed by atoms with Crippen LogP contribution < -0.4 is 10.6 Å². The highest BCUT2D eigenvalue weighted by atomic mass is 19.1. The number of hydrogen-bond acceptors (Lipinski definition) is 4. The lowest BCUT2D eigenvalue weighted by molar-refractivity contribution is -0.131. The predicted octanol–water partition coefficient (Wildman–Crippen LogP) is 3.18. The highest BCUT2D eigenvalue weighted by Gasteiger charge is 2.33. The number of aryl methyl sites for hydroxylation is 1. The van der Waals surface area contributed by atoms with Gasteiger partial charge in [0.05, 0.1) is 16.9 Å². The molecule has 32 heavy (non-hydrogen) atoms. The zero-order valence-corrected chi connectivity index (χ0v) is 19.3. The molecule has 3 rings (SSSR count). The average Bonchev–Trinajstić information content (AvgIpc) is 2.94. The SMILES string of the molecule is Cc1cc(NC(=O)c2c(C)c(C(O)C(=O)N[C@H]3CC[C@](C)(O)CC3)n(C)c2C)ccc1F. The molecule has 8 heteroatoms. The number of aromatic nitrogens is 1. The zero-order chi connectivity index (χ0) is 23.8. The molecule has 1 saturated carbocycles. The van der Waals surface area contributed by atoms with Gasteiger partial charge < -0.3 is 25.4 Å². The van der Waals surface area contributed by atoms with E-state index >= 15 is 0 Å². The van der Waals surface area contributed by atoms with Crippen LogP contribution in [0.5, 0.6) is 0 Å². The number of nitrogens with zero attached hydrogens (tertiary/aromatic N) is 1. The normalized spacial score (nSPS) is 21.8. The number of rotatable bonds is 5. The number of nitrogens with one attached hydrogen (secondary N) is 2. The van der Waals surface area contributed by atoms with Crippen LogP contribution in [0.15, 0.2) is 18.2 Å². The second kappa shape index (κ2) is 9.03. The second-order valence-corrected chi connectivity index (χ2v) is 9.13. The van der Waals surface area contributed by atoms with E-state index in [0.717, 1.165) is 0 Å². The number of aliphatic hydroxyl groups is 2. The first-order valence-electron chi connectivity index (χ1n) is 10.9. The zero-order valence-electron chi connectivity index (χ0n) is 19.3. The summed E-state index contributed by atoms with van der Waals surface area (Å²) in [6.45, 7) is 6.84. The van der Waals surface area contributed by atoms with Crippen LogP contribution in [-0.4, -0.2) is 38.2 Å². The Kier molecular flexibility index (Phi) is 6.76. The average molecular weight is 446 g/mol. The Hall–Kier alpha value is -2.71. The fourth-order valence-corrected chi connectivity index (χ4v) is 4.43. The van der Waals surface area contributed by atoms with E-state index in [1.807, 2.05) is 0 Å². The number of carbonyl (C=O) groups is 2. The fraction of sp³-hybridized carbons (Fsp3) is 0.500. The van der Waals surface area contributed by atoms with E-state index < -0.39 is 23.5 Å². The van der Waals surface area contributed by atoms with E-state index in [-0.39, 0.29) is 11.9 Å². The van der Waals surface area contributed by atoms with Gasteiger partial charge in [0.2, 0.25) is 0 Å². The number of hydrogen-bond donors (Lipinski definition) is 4. The molecule has 1 aromatic heterocycles. The second-order valence-electron chi connectivity index (χ2n) is 9.13. The van der Waals surface area contributed by atoms with Crippen LogP contribution in [0.25, 0.3) is 0 Å². The topological polar surface area (TPSA) is 104 Å². The summed E-state index contributed by atoms with van der Waals surface area (Å²) in [5.41, 5.74) is 2.00. The Labute approximate surface area is 187 Å². The third kappa shape index (κ3) is 4.86. The minimum atomic E-state index is -1.43. The Morgan fingerprint density at radius 3 is 2.44 bits per heavy atom. The maximum atomic E-state index is 13.5. The standard InChI is InChI=1S/C24H32FN3O4/c1-13-12-17(6-7-18(13)25)27-22(30)19-14(2)20(28(5)15(19)3)21(29)23(31)26-16-8-10-24(4,32)11-9-16/h6-7,12,16,21,29,32H,8-11H2,1-5H3,(H,26,31)(H,27,30)/t16-,21?,24-. The summed E-state index contributed by atoms with van der Waals surface area (Å²) in [5, 5.41) is 26.5. The fourth-order valence-electron chi connectivity index (χ4n) is 4.43. The molecule has 1 fully saturated rings. The Balaban J connectivity index is 1.78. The van der Waals surface area contributed by atoms with E-state index in [2.05, 4.69) is 10.6 Å². The highest BCUT2D eigenvalue weighted by molar-refractivity contribution is 6.06. The predicted molar refractivity (Wildman–Crippen MR) is 120 cm³/mol. The first-order valence-corrected chi connectivity index (χ1v) is 10.9. The van der Waals surface area contributed by atoms with Gasteiger partial charge in [0.15, 0.2) is 6.10 Å². The molecule has 1 atom stereocenters. The summed E-state index contributed by atoms with van der Waals surface area (Å²) in [6, 6.07) is 4.22. The quantitative estimate of drug-likeness (QED) is 0.567. The molecule has 0 saturated heterocycles. The van der Waals surface area contributed by atoms with Crippen LogP contribution in [0.2, 0.25) is 0 Å². The molecule has 4 N–H and O–H groups in total. The largest absolute Gasteiger partial charge is 0.390 e. The molecule has 2 aromatic rings. The van der Waals surface area contributed by atoms with Crippen LogP contribution in [0.4, 0.5) is 10.1 Å². The third-order valence-electron chi connectivity index (χ3n) is 6.54. The van der Waals surface area contributed by atoms with Crippen molar-refractivity contribution in [1.82, 2.24) is 9.88 Å². The van der Waals surface area contributed by atoms with Gasteiger partial charge >= 0.3 is 0 Å². The lowest BCUT2D eigenvalue weighted by Gasteiger charge is -2.33. The van der Waals surface area contributed by atoms with Crippen molar-refractivity contribution in [2.24, 2.45) is 7.05 Å². The molecule has 0 spiro atoms. The lowest BCUT2D eigenvalue weighted by Crippen LogP contribution is -2.44. The van der Waals surface area contributed by atoms with Gasteiger partial charge in [-0.25, -0.2) is 4.39 Å². The van der Waals surface area contributed by atoms with E-state index in [1.54, 1.807) is 45.4 Å². The molecule has 0 radical (unpaired) electrons. The Morgan fingerprint density at radius 2 is 1.84 bits per heavy atom. The highest BCUT2D eigenvalue weighted by Crippen LogP contribution is 2.30. The third-order valence-corrected chi connectivity index (χ3v) is 6.54.